The minimum atomic E-state index is -4.83. The molecule has 1 aliphatic rings. The summed E-state index contributed by atoms with van der Waals surface area (Å²) in [6.45, 7) is 4.07. The Labute approximate surface area is 195 Å². The molecule has 180 valence electrons. The zero-order valence-corrected chi connectivity index (χ0v) is 18.7. The van der Waals surface area contributed by atoms with Gasteiger partial charge in [0.15, 0.2) is 5.69 Å². The van der Waals surface area contributed by atoms with E-state index < -0.39 is 29.2 Å². The molecule has 0 radical (unpaired) electrons. The molecule has 2 aromatic carbocycles. The van der Waals surface area contributed by atoms with Gasteiger partial charge < -0.3 is 5.32 Å². The first-order valence-corrected chi connectivity index (χ1v) is 11.2. The van der Waals surface area contributed by atoms with E-state index in [1.54, 1.807) is 0 Å². The summed E-state index contributed by atoms with van der Waals surface area (Å²) in [4.78, 5) is 15.2. The molecule has 4 rings (SSSR count). The molecule has 5 nitrogen and oxygen atoms in total. The molecule has 9 heteroatoms. The lowest BCUT2D eigenvalue weighted by atomic mass is 9.95. The van der Waals surface area contributed by atoms with Gasteiger partial charge in [-0.05, 0) is 61.7 Å². The van der Waals surface area contributed by atoms with Crippen molar-refractivity contribution in [3.63, 3.8) is 0 Å². The zero-order valence-electron chi connectivity index (χ0n) is 18.7. The van der Waals surface area contributed by atoms with Crippen molar-refractivity contribution < 1.29 is 22.4 Å². The van der Waals surface area contributed by atoms with Crippen LogP contribution in [-0.2, 0) is 6.18 Å². The second kappa shape index (κ2) is 9.97. The van der Waals surface area contributed by atoms with E-state index in [4.69, 9.17) is 0 Å². The summed E-state index contributed by atoms with van der Waals surface area (Å²) in [5.74, 6) is -0.817. The van der Waals surface area contributed by atoms with Crippen LogP contribution in [0.5, 0.6) is 0 Å². The monoisotopic (exact) mass is 474 g/mol. The lowest BCUT2D eigenvalue weighted by molar-refractivity contribution is -0.143. The highest BCUT2D eigenvalue weighted by Crippen LogP contribution is 2.34. The topological polar surface area (TPSA) is 50.2 Å². The van der Waals surface area contributed by atoms with Crippen LogP contribution in [0.2, 0.25) is 0 Å². The molecule has 1 atom stereocenters. The summed E-state index contributed by atoms with van der Waals surface area (Å²) in [6.07, 6.45) is -1.87. The summed E-state index contributed by atoms with van der Waals surface area (Å²) >= 11 is 0. The van der Waals surface area contributed by atoms with E-state index in [-0.39, 0.29) is 18.3 Å². The Bertz CT molecular complexity index is 1100. The molecule has 0 bridgehead atoms. The lowest BCUT2D eigenvalue weighted by Gasteiger charge is -2.37. The van der Waals surface area contributed by atoms with E-state index in [1.165, 1.54) is 12.1 Å². The van der Waals surface area contributed by atoms with Gasteiger partial charge in [0.05, 0.1) is 23.5 Å². The average Bonchev–Trinajstić information content (AvgIpc) is 3.27. The predicted octanol–water partition coefficient (Wildman–Crippen LogP) is 5.23. The molecule has 1 unspecified atom stereocenters. The first-order valence-electron chi connectivity index (χ1n) is 11.2. The van der Waals surface area contributed by atoms with Crippen LogP contribution in [0.3, 0.4) is 0 Å². The maximum Gasteiger partial charge on any atom is 0.434 e. The fourth-order valence-electron chi connectivity index (χ4n) is 4.32. The summed E-state index contributed by atoms with van der Waals surface area (Å²) in [6, 6.07) is 13.9. The fraction of sp³-hybridized carbons (Fsp3) is 0.360. The lowest BCUT2D eigenvalue weighted by Crippen LogP contribution is -2.42. The number of halogens is 4. The molecule has 1 aliphatic heterocycles. The van der Waals surface area contributed by atoms with Gasteiger partial charge in [0, 0.05) is 6.54 Å². The van der Waals surface area contributed by atoms with Crippen molar-refractivity contribution in [2.24, 2.45) is 5.92 Å². The Kier molecular flexibility index (Phi) is 7.02. The van der Waals surface area contributed by atoms with Crippen molar-refractivity contribution in [2.75, 3.05) is 19.6 Å². The Morgan fingerprint density at radius 1 is 1.09 bits per heavy atom. The highest BCUT2D eigenvalue weighted by Gasteiger charge is 2.40. The minimum Gasteiger partial charge on any atom is -0.350 e. The molecule has 1 saturated heterocycles. The van der Waals surface area contributed by atoms with Crippen molar-refractivity contribution in [3.05, 3.63) is 83.4 Å². The number of rotatable bonds is 6. The van der Waals surface area contributed by atoms with Crippen LogP contribution in [0.25, 0.3) is 5.69 Å². The van der Waals surface area contributed by atoms with Gasteiger partial charge in [-0.3, -0.25) is 9.69 Å². The molecule has 1 N–H and O–H groups in total. The number of likely N-dealkylation sites (tertiary alicyclic amines) is 1. The van der Waals surface area contributed by atoms with Crippen molar-refractivity contribution in [3.8, 4) is 5.69 Å². The van der Waals surface area contributed by atoms with Crippen LogP contribution in [-0.4, -0.2) is 40.2 Å². The van der Waals surface area contributed by atoms with Gasteiger partial charge in [-0.25, -0.2) is 9.07 Å². The highest BCUT2D eigenvalue weighted by molar-refractivity contribution is 5.95. The van der Waals surface area contributed by atoms with Crippen LogP contribution < -0.4 is 5.32 Å². The van der Waals surface area contributed by atoms with E-state index in [2.05, 4.69) is 22.2 Å². The van der Waals surface area contributed by atoms with Gasteiger partial charge in [-0.1, -0.05) is 37.3 Å². The van der Waals surface area contributed by atoms with Crippen LogP contribution in [0.1, 0.15) is 47.4 Å². The number of aromatic nitrogens is 2. The van der Waals surface area contributed by atoms with Crippen molar-refractivity contribution in [1.29, 1.82) is 0 Å². The third-order valence-corrected chi connectivity index (χ3v) is 6.25. The number of hydrogen-bond donors (Lipinski definition) is 1. The number of amides is 1. The first-order chi connectivity index (χ1) is 16.2. The number of piperidine rings is 1. The van der Waals surface area contributed by atoms with Gasteiger partial charge in [0.1, 0.15) is 5.82 Å². The molecule has 2 heterocycles. The van der Waals surface area contributed by atoms with E-state index in [1.807, 2.05) is 30.3 Å². The molecule has 3 aromatic rings. The van der Waals surface area contributed by atoms with Crippen LogP contribution in [0, 0.1) is 11.7 Å². The van der Waals surface area contributed by atoms with E-state index >= 15 is 0 Å². The Balaban J connectivity index is 1.58. The van der Waals surface area contributed by atoms with Crippen molar-refractivity contribution in [1.82, 2.24) is 20.0 Å². The minimum absolute atomic E-state index is 0.0115. The summed E-state index contributed by atoms with van der Waals surface area (Å²) in [5.41, 5.74) is -0.761. The summed E-state index contributed by atoms with van der Waals surface area (Å²) in [5, 5.41) is 6.49. The maximum absolute atomic E-state index is 13.9. The molecular weight excluding hydrogens is 448 g/mol. The molecule has 1 aromatic heterocycles. The van der Waals surface area contributed by atoms with E-state index in [0.717, 1.165) is 49.8 Å². The third-order valence-electron chi connectivity index (χ3n) is 6.25. The molecule has 0 spiro atoms. The summed E-state index contributed by atoms with van der Waals surface area (Å²) in [7, 11) is 0. The molecular formula is C25H26F4N4O. The van der Waals surface area contributed by atoms with E-state index in [9.17, 15) is 22.4 Å². The van der Waals surface area contributed by atoms with Crippen LogP contribution in [0.4, 0.5) is 17.6 Å². The predicted molar refractivity (Wildman–Crippen MR) is 120 cm³/mol. The van der Waals surface area contributed by atoms with Gasteiger partial charge in [-0.2, -0.15) is 18.3 Å². The van der Waals surface area contributed by atoms with Crippen LogP contribution in [0.15, 0.2) is 60.8 Å². The quantitative estimate of drug-likeness (QED) is 0.498. The maximum atomic E-state index is 13.9. The Hall–Kier alpha value is -3.20. The fourth-order valence-corrected chi connectivity index (χ4v) is 4.32. The molecule has 1 amide bonds. The number of carbonyl (C=O) groups is 1. The van der Waals surface area contributed by atoms with Crippen molar-refractivity contribution >= 4 is 5.91 Å². The second-order valence-electron chi connectivity index (χ2n) is 8.65. The number of nitrogens with one attached hydrogen (secondary N) is 1. The summed E-state index contributed by atoms with van der Waals surface area (Å²) < 4.78 is 55.7. The third kappa shape index (κ3) is 5.30. The Morgan fingerprint density at radius 2 is 1.74 bits per heavy atom. The first kappa shape index (κ1) is 23.9. The van der Waals surface area contributed by atoms with Crippen LogP contribution >= 0.6 is 0 Å². The number of alkyl halides is 3. The standard InChI is InChI=1S/C25H26F4N4O/c1-17-11-13-32(14-12-17)22(18-5-3-2-4-6-18)16-30-24(34)21-15-31-33(23(21)25(27,28)29)20-9-7-19(26)8-10-20/h2-10,15,17,22H,11-14,16H2,1H3,(H,30,34). The average molecular weight is 475 g/mol. The number of hydrogen-bond acceptors (Lipinski definition) is 3. The van der Waals surface area contributed by atoms with Gasteiger partial charge >= 0.3 is 6.18 Å². The van der Waals surface area contributed by atoms with Gasteiger partial charge in [0.25, 0.3) is 5.91 Å². The number of carbonyl (C=O) groups excluding carboxylic acids is 1. The normalized spacial score (nSPS) is 16.4. The Morgan fingerprint density at radius 3 is 2.35 bits per heavy atom. The second-order valence-corrected chi connectivity index (χ2v) is 8.65. The zero-order chi connectivity index (χ0) is 24.3. The van der Waals surface area contributed by atoms with Gasteiger partial charge in [-0.15, -0.1) is 0 Å². The SMILES string of the molecule is CC1CCN(C(CNC(=O)c2cnn(-c3ccc(F)cc3)c2C(F)(F)F)c2ccccc2)CC1. The number of nitrogens with zero attached hydrogens (tertiary/aromatic N) is 3. The van der Waals surface area contributed by atoms with Gasteiger partial charge in [0.2, 0.25) is 0 Å². The molecule has 0 saturated carbocycles. The molecule has 0 aliphatic carbocycles. The van der Waals surface area contributed by atoms with Crippen molar-refractivity contribution in [2.45, 2.75) is 32.0 Å². The number of benzene rings is 2. The molecule has 1 fully saturated rings. The van der Waals surface area contributed by atoms with E-state index in [0.29, 0.717) is 10.6 Å². The smallest absolute Gasteiger partial charge is 0.350 e. The molecule has 34 heavy (non-hydrogen) atoms. The largest absolute Gasteiger partial charge is 0.434 e. The highest BCUT2D eigenvalue weighted by atomic mass is 19.4.